The van der Waals surface area contributed by atoms with E-state index in [1.54, 1.807) is 20.0 Å². The minimum atomic E-state index is -3.96. The summed E-state index contributed by atoms with van der Waals surface area (Å²) in [6, 6.07) is 3.65. The van der Waals surface area contributed by atoms with Crippen LogP contribution < -0.4 is 10.1 Å². The van der Waals surface area contributed by atoms with Gasteiger partial charge in [0.1, 0.15) is 22.9 Å². The molecular weight excluding hydrogens is 446 g/mol. The number of aliphatic hydroxyl groups excluding tert-OH is 2. The second-order valence-electron chi connectivity index (χ2n) is 8.46. The Morgan fingerprint density at radius 1 is 1.39 bits per heavy atom. The maximum absolute atomic E-state index is 13.4. The van der Waals surface area contributed by atoms with Gasteiger partial charge in [-0.3, -0.25) is 0 Å². The van der Waals surface area contributed by atoms with Gasteiger partial charge in [0.05, 0.1) is 13.2 Å². The van der Waals surface area contributed by atoms with Crippen molar-refractivity contribution < 1.29 is 28.2 Å². The molecule has 3 N–H and O–H groups in total. The van der Waals surface area contributed by atoms with E-state index in [4.69, 9.17) is 4.74 Å². The molecule has 4 atom stereocenters. The minimum absolute atomic E-state index is 0.0274. The van der Waals surface area contributed by atoms with Gasteiger partial charge in [-0.1, -0.05) is 25.7 Å². The Labute approximate surface area is 196 Å². The lowest BCUT2D eigenvalue weighted by Gasteiger charge is -2.37. The molecule has 9 nitrogen and oxygen atoms in total. The number of rotatable bonds is 6. The molecule has 0 saturated carbocycles. The fraction of sp³-hybridized carbons (Fsp3) is 0.609. The van der Waals surface area contributed by atoms with Crippen molar-refractivity contribution in [3.8, 4) is 17.6 Å². The van der Waals surface area contributed by atoms with Gasteiger partial charge in [-0.25, -0.2) is 13.2 Å². The number of urea groups is 1. The van der Waals surface area contributed by atoms with Crippen molar-refractivity contribution in [2.45, 2.75) is 57.3 Å². The average Bonchev–Trinajstić information content (AvgIpc) is 2.77. The van der Waals surface area contributed by atoms with Crippen molar-refractivity contribution in [2.24, 2.45) is 5.92 Å². The molecule has 1 aliphatic rings. The fourth-order valence-electron chi connectivity index (χ4n) is 3.43. The van der Waals surface area contributed by atoms with Crippen LogP contribution in [0.15, 0.2) is 23.1 Å². The Hall–Kier alpha value is -2.32. The summed E-state index contributed by atoms with van der Waals surface area (Å²) in [4.78, 5) is 13.9. The molecule has 2 rings (SSSR count). The Kier molecular flexibility index (Phi) is 9.55. The highest BCUT2D eigenvalue weighted by Crippen LogP contribution is 2.34. The standard InChI is InChI=1S/C23H35N3O6S/c1-6-11-24-23(29)25(5)14-21-16(2)13-26(17(3)15-27)33(30,31)22-10-9-19(8-7-18(4)28)12-20(22)32-21/h9-10,12,16-18,21,27-28H,6,11,13-15H2,1-5H3,(H,24,29)/t16-,17+,18+,21+/m1/s1. The molecule has 0 aliphatic carbocycles. The van der Waals surface area contributed by atoms with Crippen LogP contribution in [-0.2, 0) is 10.0 Å². The zero-order valence-electron chi connectivity index (χ0n) is 19.9. The highest BCUT2D eigenvalue weighted by molar-refractivity contribution is 7.89. The molecule has 0 fully saturated rings. The number of benzene rings is 1. The first-order chi connectivity index (χ1) is 15.5. The molecule has 0 aromatic heterocycles. The van der Waals surface area contributed by atoms with Gasteiger partial charge in [0.2, 0.25) is 10.0 Å². The maximum atomic E-state index is 13.4. The topological polar surface area (TPSA) is 119 Å². The largest absolute Gasteiger partial charge is 0.487 e. The number of hydrogen-bond donors (Lipinski definition) is 3. The van der Waals surface area contributed by atoms with Crippen LogP contribution in [0.25, 0.3) is 0 Å². The third-order valence-corrected chi connectivity index (χ3v) is 7.44. The molecule has 0 radical (unpaired) electrons. The molecule has 33 heavy (non-hydrogen) atoms. The molecule has 1 heterocycles. The van der Waals surface area contributed by atoms with E-state index in [1.807, 2.05) is 13.8 Å². The maximum Gasteiger partial charge on any atom is 0.317 e. The molecule has 2 amide bonds. The van der Waals surface area contributed by atoms with Crippen LogP contribution in [-0.4, -0.2) is 85.4 Å². The normalized spacial score (nSPS) is 21.8. The van der Waals surface area contributed by atoms with Gasteiger partial charge >= 0.3 is 6.03 Å². The Balaban J connectivity index is 2.51. The first-order valence-corrected chi connectivity index (χ1v) is 12.6. The summed E-state index contributed by atoms with van der Waals surface area (Å²) in [5.74, 6) is 5.29. The molecule has 184 valence electrons. The molecule has 1 aliphatic heterocycles. The van der Waals surface area contributed by atoms with E-state index >= 15 is 0 Å². The third kappa shape index (κ3) is 6.84. The van der Waals surface area contributed by atoms with Crippen molar-refractivity contribution in [1.82, 2.24) is 14.5 Å². The summed E-state index contributed by atoms with van der Waals surface area (Å²) in [6.07, 6.45) is -0.531. The van der Waals surface area contributed by atoms with Crippen LogP contribution >= 0.6 is 0 Å². The molecule has 10 heteroatoms. The Bertz CT molecular complexity index is 986. The van der Waals surface area contributed by atoms with E-state index in [1.165, 1.54) is 28.3 Å². The number of sulfonamides is 1. The lowest BCUT2D eigenvalue weighted by atomic mass is 10.0. The smallest absolute Gasteiger partial charge is 0.317 e. The first-order valence-electron chi connectivity index (χ1n) is 11.1. The van der Waals surface area contributed by atoms with Crippen molar-refractivity contribution in [2.75, 3.05) is 33.3 Å². The van der Waals surface area contributed by atoms with Gasteiger partial charge in [-0.15, -0.1) is 0 Å². The van der Waals surface area contributed by atoms with Crippen molar-refractivity contribution in [3.05, 3.63) is 23.8 Å². The number of likely N-dealkylation sites (N-methyl/N-ethyl adjacent to an activating group) is 1. The second kappa shape index (κ2) is 11.7. The SMILES string of the molecule is CCCNC(=O)N(C)C[C@@H]1Oc2cc(C#C[C@H](C)O)ccc2S(=O)(=O)N([C@@H](C)CO)C[C@H]1C. The number of carbonyl (C=O) groups is 1. The lowest BCUT2D eigenvalue weighted by molar-refractivity contribution is 0.0812. The van der Waals surface area contributed by atoms with Crippen LogP contribution in [0.5, 0.6) is 5.75 Å². The summed E-state index contributed by atoms with van der Waals surface area (Å²) < 4.78 is 34.4. The monoisotopic (exact) mass is 481 g/mol. The number of nitrogens with one attached hydrogen (secondary N) is 1. The molecule has 0 spiro atoms. The third-order valence-electron chi connectivity index (χ3n) is 5.42. The lowest BCUT2D eigenvalue weighted by Crippen LogP contribution is -2.51. The molecule has 0 unspecified atom stereocenters. The quantitative estimate of drug-likeness (QED) is 0.526. The summed E-state index contributed by atoms with van der Waals surface area (Å²) in [6.45, 7) is 7.59. The van der Waals surface area contributed by atoms with E-state index in [2.05, 4.69) is 17.2 Å². The summed E-state index contributed by atoms with van der Waals surface area (Å²) in [7, 11) is -2.29. The van der Waals surface area contributed by atoms with Crippen molar-refractivity contribution in [1.29, 1.82) is 0 Å². The molecule has 1 aromatic rings. The first kappa shape index (κ1) is 26.9. The zero-order valence-corrected chi connectivity index (χ0v) is 20.7. The number of amides is 2. The number of fused-ring (bicyclic) bond motifs is 1. The van der Waals surface area contributed by atoms with Crippen LogP contribution in [0.4, 0.5) is 4.79 Å². The molecular formula is C23H35N3O6S. The van der Waals surface area contributed by atoms with E-state index < -0.39 is 28.3 Å². The molecule has 0 bridgehead atoms. The number of aliphatic hydroxyl groups is 2. The average molecular weight is 482 g/mol. The van der Waals surface area contributed by atoms with Crippen LogP contribution in [0.2, 0.25) is 0 Å². The van der Waals surface area contributed by atoms with Crippen molar-refractivity contribution >= 4 is 16.1 Å². The highest BCUT2D eigenvalue weighted by atomic mass is 32.2. The number of carbonyl (C=O) groups excluding carboxylic acids is 1. The van der Waals surface area contributed by atoms with Crippen LogP contribution in [0, 0.1) is 17.8 Å². The van der Waals surface area contributed by atoms with Gasteiger partial charge in [0.25, 0.3) is 0 Å². The zero-order chi connectivity index (χ0) is 24.8. The van der Waals surface area contributed by atoms with Crippen LogP contribution in [0.3, 0.4) is 0 Å². The highest BCUT2D eigenvalue weighted by Gasteiger charge is 2.38. The van der Waals surface area contributed by atoms with Gasteiger partial charge < -0.3 is 25.2 Å². The predicted molar refractivity (Wildman–Crippen MR) is 125 cm³/mol. The van der Waals surface area contributed by atoms with E-state index in [0.29, 0.717) is 12.1 Å². The molecule has 0 saturated heterocycles. The van der Waals surface area contributed by atoms with Gasteiger partial charge in [-0.05, 0) is 38.5 Å². The van der Waals surface area contributed by atoms with Gasteiger partial charge in [0.15, 0.2) is 0 Å². The number of hydrogen-bond acceptors (Lipinski definition) is 6. The van der Waals surface area contributed by atoms with E-state index in [-0.39, 0.29) is 42.3 Å². The summed E-state index contributed by atoms with van der Waals surface area (Å²) in [5, 5.41) is 22.0. The summed E-state index contributed by atoms with van der Waals surface area (Å²) in [5.41, 5.74) is 0.493. The minimum Gasteiger partial charge on any atom is -0.487 e. The van der Waals surface area contributed by atoms with Crippen molar-refractivity contribution in [3.63, 3.8) is 0 Å². The Morgan fingerprint density at radius 2 is 2.09 bits per heavy atom. The molecule has 1 aromatic carbocycles. The van der Waals surface area contributed by atoms with Crippen LogP contribution in [0.1, 0.15) is 39.7 Å². The number of nitrogens with zero attached hydrogens (tertiary/aromatic N) is 2. The second-order valence-corrected chi connectivity index (χ2v) is 10.3. The predicted octanol–water partition coefficient (Wildman–Crippen LogP) is 1.24. The van der Waals surface area contributed by atoms with E-state index in [0.717, 1.165) is 6.42 Å². The van der Waals surface area contributed by atoms with Gasteiger partial charge in [-0.2, -0.15) is 4.31 Å². The summed E-state index contributed by atoms with van der Waals surface area (Å²) >= 11 is 0. The fourth-order valence-corrected chi connectivity index (χ4v) is 5.25. The number of ether oxygens (including phenoxy) is 1. The van der Waals surface area contributed by atoms with E-state index in [9.17, 15) is 23.4 Å². The Morgan fingerprint density at radius 3 is 2.70 bits per heavy atom. The van der Waals surface area contributed by atoms with Gasteiger partial charge in [0, 0.05) is 37.7 Å².